The first-order chi connectivity index (χ1) is 10.7. The van der Waals surface area contributed by atoms with Crippen LogP contribution in [0.25, 0.3) is 21.9 Å². The second-order valence-corrected chi connectivity index (χ2v) is 4.94. The SMILES string of the molecule is COCCC(=O)Nc1cc2oc3ccccc3c2cc1OC. The number of anilines is 1. The zero-order valence-corrected chi connectivity index (χ0v) is 12.5. The minimum Gasteiger partial charge on any atom is -0.495 e. The van der Waals surface area contributed by atoms with Gasteiger partial charge < -0.3 is 19.2 Å². The highest BCUT2D eigenvalue weighted by Crippen LogP contribution is 2.36. The van der Waals surface area contributed by atoms with E-state index >= 15 is 0 Å². The van der Waals surface area contributed by atoms with Gasteiger partial charge in [0.15, 0.2) is 0 Å². The second-order valence-electron chi connectivity index (χ2n) is 4.94. The van der Waals surface area contributed by atoms with Crippen LogP contribution in [0.4, 0.5) is 5.69 Å². The number of hydrogen-bond donors (Lipinski definition) is 1. The first-order valence-electron chi connectivity index (χ1n) is 7.01. The third kappa shape index (κ3) is 2.63. The Balaban J connectivity index is 2.02. The van der Waals surface area contributed by atoms with E-state index in [4.69, 9.17) is 13.9 Å². The summed E-state index contributed by atoms with van der Waals surface area (Å²) in [6, 6.07) is 11.5. The molecule has 0 saturated heterocycles. The van der Waals surface area contributed by atoms with Crippen molar-refractivity contribution in [2.45, 2.75) is 6.42 Å². The van der Waals surface area contributed by atoms with E-state index in [1.54, 1.807) is 20.3 Å². The maximum Gasteiger partial charge on any atom is 0.226 e. The highest BCUT2D eigenvalue weighted by atomic mass is 16.5. The Bertz CT molecular complexity index is 822. The molecule has 0 aliphatic rings. The van der Waals surface area contributed by atoms with Crippen LogP contribution in [0.2, 0.25) is 0 Å². The molecule has 2 aromatic carbocycles. The molecule has 1 N–H and O–H groups in total. The fraction of sp³-hybridized carbons (Fsp3) is 0.235. The second kappa shape index (κ2) is 6.07. The van der Waals surface area contributed by atoms with Crippen LogP contribution >= 0.6 is 0 Å². The molecule has 1 aromatic heterocycles. The van der Waals surface area contributed by atoms with E-state index in [-0.39, 0.29) is 12.3 Å². The minimum atomic E-state index is -0.129. The summed E-state index contributed by atoms with van der Waals surface area (Å²) < 4.78 is 16.1. The first-order valence-corrected chi connectivity index (χ1v) is 7.01. The lowest BCUT2D eigenvalue weighted by Gasteiger charge is -2.10. The van der Waals surface area contributed by atoms with Gasteiger partial charge in [-0.3, -0.25) is 4.79 Å². The molecule has 114 valence electrons. The van der Waals surface area contributed by atoms with Crippen LogP contribution in [0.3, 0.4) is 0 Å². The third-order valence-electron chi connectivity index (χ3n) is 3.51. The van der Waals surface area contributed by atoms with Gasteiger partial charge in [-0.15, -0.1) is 0 Å². The number of para-hydroxylation sites is 1. The Morgan fingerprint density at radius 2 is 1.95 bits per heavy atom. The molecular formula is C17H17NO4. The van der Waals surface area contributed by atoms with Crippen LogP contribution in [-0.4, -0.2) is 26.7 Å². The number of methoxy groups -OCH3 is 2. The fourth-order valence-corrected chi connectivity index (χ4v) is 2.43. The minimum absolute atomic E-state index is 0.129. The number of hydrogen-bond acceptors (Lipinski definition) is 4. The summed E-state index contributed by atoms with van der Waals surface area (Å²) in [6.07, 6.45) is 0.290. The summed E-state index contributed by atoms with van der Waals surface area (Å²) in [4.78, 5) is 11.9. The molecule has 22 heavy (non-hydrogen) atoms. The lowest BCUT2D eigenvalue weighted by Crippen LogP contribution is -2.14. The summed E-state index contributed by atoms with van der Waals surface area (Å²) in [5.74, 6) is 0.473. The summed E-state index contributed by atoms with van der Waals surface area (Å²) in [5.41, 5.74) is 2.11. The summed E-state index contributed by atoms with van der Waals surface area (Å²) >= 11 is 0. The van der Waals surface area contributed by atoms with Crippen molar-refractivity contribution in [1.29, 1.82) is 0 Å². The number of rotatable bonds is 5. The highest BCUT2D eigenvalue weighted by Gasteiger charge is 2.13. The monoisotopic (exact) mass is 299 g/mol. The molecule has 0 atom stereocenters. The van der Waals surface area contributed by atoms with Crippen LogP contribution < -0.4 is 10.1 Å². The number of carbonyl (C=O) groups excluding carboxylic acids is 1. The van der Waals surface area contributed by atoms with Gasteiger partial charge in [0.2, 0.25) is 5.91 Å². The molecular weight excluding hydrogens is 282 g/mol. The number of furan rings is 1. The number of benzene rings is 2. The van der Waals surface area contributed by atoms with E-state index in [1.807, 2.05) is 30.3 Å². The zero-order valence-electron chi connectivity index (χ0n) is 12.5. The van der Waals surface area contributed by atoms with Gasteiger partial charge in [0.05, 0.1) is 25.8 Å². The van der Waals surface area contributed by atoms with Crippen LogP contribution in [0, 0.1) is 0 Å². The largest absolute Gasteiger partial charge is 0.495 e. The van der Waals surface area contributed by atoms with Gasteiger partial charge in [-0.2, -0.15) is 0 Å². The molecule has 0 bridgehead atoms. The summed E-state index contributed by atoms with van der Waals surface area (Å²) in [7, 11) is 3.14. The van der Waals surface area contributed by atoms with Gasteiger partial charge in [-0.05, 0) is 12.1 Å². The molecule has 3 aromatic rings. The Morgan fingerprint density at radius 3 is 2.73 bits per heavy atom. The van der Waals surface area contributed by atoms with Crippen molar-refractivity contribution in [1.82, 2.24) is 0 Å². The molecule has 0 unspecified atom stereocenters. The molecule has 1 heterocycles. The number of fused-ring (bicyclic) bond motifs is 3. The molecule has 5 heteroatoms. The van der Waals surface area contributed by atoms with Crippen LogP contribution in [-0.2, 0) is 9.53 Å². The maximum absolute atomic E-state index is 11.9. The summed E-state index contributed by atoms with van der Waals surface area (Å²) in [5, 5.41) is 4.81. The molecule has 3 rings (SSSR count). The van der Waals surface area contributed by atoms with Crippen LogP contribution in [0.15, 0.2) is 40.8 Å². The van der Waals surface area contributed by atoms with E-state index in [1.165, 1.54) is 0 Å². The molecule has 0 fully saturated rings. The molecule has 0 aliphatic carbocycles. The van der Waals surface area contributed by atoms with Crippen molar-refractivity contribution < 1.29 is 18.7 Å². The van der Waals surface area contributed by atoms with Crippen molar-refractivity contribution >= 4 is 33.5 Å². The Labute approximate surface area is 127 Å². The number of nitrogens with one attached hydrogen (secondary N) is 1. The molecule has 0 saturated carbocycles. The van der Waals surface area contributed by atoms with E-state index in [0.29, 0.717) is 23.6 Å². The van der Waals surface area contributed by atoms with Crippen LogP contribution in [0.5, 0.6) is 5.75 Å². The van der Waals surface area contributed by atoms with Crippen molar-refractivity contribution in [3.63, 3.8) is 0 Å². The Hall–Kier alpha value is -2.53. The van der Waals surface area contributed by atoms with Crippen molar-refractivity contribution in [2.75, 3.05) is 26.1 Å². The van der Waals surface area contributed by atoms with E-state index in [2.05, 4.69) is 5.32 Å². The molecule has 0 aliphatic heterocycles. The number of amides is 1. The maximum atomic E-state index is 11.9. The Kier molecular flexibility index (Phi) is 3.98. The Morgan fingerprint density at radius 1 is 1.14 bits per heavy atom. The summed E-state index contributed by atoms with van der Waals surface area (Å²) in [6.45, 7) is 0.376. The average Bonchev–Trinajstić information content (AvgIpc) is 2.89. The predicted octanol–water partition coefficient (Wildman–Crippen LogP) is 3.57. The molecule has 0 radical (unpaired) electrons. The van der Waals surface area contributed by atoms with E-state index in [0.717, 1.165) is 16.4 Å². The zero-order chi connectivity index (χ0) is 15.5. The topological polar surface area (TPSA) is 60.7 Å². The number of ether oxygens (including phenoxy) is 2. The van der Waals surface area contributed by atoms with Gasteiger partial charge >= 0.3 is 0 Å². The van der Waals surface area contributed by atoms with Gasteiger partial charge in [0.25, 0.3) is 0 Å². The normalized spacial score (nSPS) is 11.0. The van der Waals surface area contributed by atoms with Crippen molar-refractivity contribution in [3.8, 4) is 5.75 Å². The average molecular weight is 299 g/mol. The third-order valence-corrected chi connectivity index (χ3v) is 3.51. The standard InChI is InChI=1S/C17H17NO4/c1-20-8-7-17(19)18-13-10-15-12(9-16(13)21-2)11-5-3-4-6-14(11)22-15/h3-6,9-10H,7-8H2,1-2H3,(H,18,19). The fourth-order valence-electron chi connectivity index (χ4n) is 2.43. The van der Waals surface area contributed by atoms with Crippen LogP contribution in [0.1, 0.15) is 6.42 Å². The molecule has 0 spiro atoms. The van der Waals surface area contributed by atoms with Gasteiger partial charge in [0, 0.05) is 23.9 Å². The van der Waals surface area contributed by atoms with Gasteiger partial charge in [-0.25, -0.2) is 0 Å². The lowest BCUT2D eigenvalue weighted by molar-refractivity contribution is -0.117. The number of carbonyl (C=O) groups is 1. The first kappa shape index (κ1) is 14.4. The van der Waals surface area contributed by atoms with Gasteiger partial charge in [-0.1, -0.05) is 18.2 Å². The smallest absolute Gasteiger partial charge is 0.226 e. The predicted molar refractivity (Wildman–Crippen MR) is 85.4 cm³/mol. The molecule has 1 amide bonds. The quantitative estimate of drug-likeness (QED) is 0.782. The van der Waals surface area contributed by atoms with Crippen molar-refractivity contribution in [2.24, 2.45) is 0 Å². The highest BCUT2D eigenvalue weighted by molar-refractivity contribution is 6.07. The van der Waals surface area contributed by atoms with Crippen molar-refractivity contribution in [3.05, 3.63) is 36.4 Å². The lowest BCUT2D eigenvalue weighted by atomic mass is 10.1. The van der Waals surface area contributed by atoms with E-state index < -0.39 is 0 Å². The van der Waals surface area contributed by atoms with Gasteiger partial charge in [0.1, 0.15) is 16.9 Å². The molecule has 5 nitrogen and oxygen atoms in total. The van der Waals surface area contributed by atoms with E-state index in [9.17, 15) is 4.79 Å².